The number of hydrogen-bond acceptors (Lipinski definition) is 8. The Labute approximate surface area is 216 Å². The van der Waals surface area contributed by atoms with Crippen molar-refractivity contribution in [1.29, 1.82) is 0 Å². The number of rotatable bonds is 12. The highest BCUT2D eigenvalue weighted by Crippen LogP contribution is 2.42. The van der Waals surface area contributed by atoms with Crippen molar-refractivity contribution in [3.8, 4) is 11.5 Å². The number of carbonyl (C=O) groups excluding carboxylic acids is 2. The Balaban J connectivity index is 1.65. The molecule has 1 aromatic carbocycles. The van der Waals surface area contributed by atoms with Crippen LogP contribution in [-0.4, -0.2) is 79.2 Å². The number of aliphatic hydroxyl groups is 1. The minimum absolute atomic E-state index is 0.110. The fourth-order valence-electron chi connectivity index (χ4n) is 4.59. The summed E-state index contributed by atoms with van der Waals surface area (Å²) in [4.78, 5) is 31.1. The molecule has 1 atom stereocenters. The predicted octanol–water partition coefficient (Wildman–Crippen LogP) is 4.24. The van der Waals surface area contributed by atoms with Crippen LogP contribution in [0.5, 0.6) is 11.5 Å². The molecule has 2 aliphatic rings. The Morgan fingerprint density at radius 1 is 1.14 bits per heavy atom. The van der Waals surface area contributed by atoms with Crippen LogP contribution >= 0.6 is 11.3 Å². The number of morpholine rings is 1. The van der Waals surface area contributed by atoms with Crippen molar-refractivity contribution >= 4 is 23.0 Å². The van der Waals surface area contributed by atoms with Crippen LogP contribution in [0.3, 0.4) is 0 Å². The van der Waals surface area contributed by atoms with Gasteiger partial charge in [-0.1, -0.05) is 19.1 Å². The van der Waals surface area contributed by atoms with Crippen LogP contribution in [0.4, 0.5) is 0 Å². The first kappa shape index (κ1) is 26.2. The van der Waals surface area contributed by atoms with Gasteiger partial charge in [0.15, 0.2) is 17.3 Å². The number of amides is 1. The van der Waals surface area contributed by atoms with E-state index in [0.29, 0.717) is 61.3 Å². The van der Waals surface area contributed by atoms with E-state index in [1.165, 1.54) is 11.3 Å². The van der Waals surface area contributed by atoms with Gasteiger partial charge >= 0.3 is 0 Å². The number of Topliss-reactive ketones (excluding diaryl/α,β-unsaturated/α-hetero) is 1. The van der Waals surface area contributed by atoms with E-state index in [0.717, 1.165) is 26.1 Å². The van der Waals surface area contributed by atoms with Gasteiger partial charge in [-0.25, -0.2) is 0 Å². The van der Waals surface area contributed by atoms with Crippen LogP contribution < -0.4 is 9.47 Å². The second kappa shape index (κ2) is 12.4. The molecule has 1 fully saturated rings. The highest BCUT2D eigenvalue weighted by Gasteiger charge is 2.44. The van der Waals surface area contributed by atoms with Crippen molar-refractivity contribution in [2.75, 3.05) is 52.6 Å². The zero-order valence-corrected chi connectivity index (χ0v) is 21.7. The van der Waals surface area contributed by atoms with Gasteiger partial charge in [0.05, 0.1) is 42.9 Å². The van der Waals surface area contributed by atoms with E-state index in [1.807, 2.05) is 37.4 Å². The van der Waals surface area contributed by atoms with Crippen molar-refractivity contribution in [3.63, 3.8) is 0 Å². The van der Waals surface area contributed by atoms with Crippen molar-refractivity contribution in [1.82, 2.24) is 9.80 Å². The van der Waals surface area contributed by atoms with Gasteiger partial charge < -0.3 is 24.2 Å². The number of ketones is 1. The molecular weight excluding hydrogens is 480 g/mol. The highest BCUT2D eigenvalue weighted by atomic mass is 32.1. The maximum Gasteiger partial charge on any atom is 0.290 e. The molecule has 0 saturated carbocycles. The summed E-state index contributed by atoms with van der Waals surface area (Å²) >= 11 is 1.29. The van der Waals surface area contributed by atoms with E-state index in [2.05, 4.69) is 4.90 Å². The van der Waals surface area contributed by atoms with Gasteiger partial charge in [0, 0.05) is 26.2 Å². The van der Waals surface area contributed by atoms with Gasteiger partial charge in [0.25, 0.3) is 5.91 Å². The van der Waals surface area contributed by atoms with Crippen LogP contribution in [-0.2, 0) is 9.53 Å². The molecule has 1 amide bonds. The molecule has 0 spiro atoms. The molecule has 36 heavy (non-hydrogen) atoms. The molecule has 1 unspecified atom stereocenters. The smallest absolute Gasteiger partial charge is 0.290 e. The van der Waals surface area contributed by atoms with Crippen LogP contribution in [0.2, 0.25) is 0 Å². The van der Waals surface area contributed by atoms with Crippen molar-refractivity contribution in [3.05, 3.63) is 57.5 Å². The number of benzene rings is 1. The molecule has 194 valence electrons. The Morgan fingerprint density at radius 2 is 1.94 bits per heavy atom. The molecule has 1 saturated heterocycles. The van der Waals surface area contributed by atoms with E-state index in [1.54, 1.807) is 17.0 Å². The third-order valence-electron chi connectivity index (χ3n) is 6.32. The second-order valence-electron chi connectivity index (χ2n) is 8.77. The van der Waals surface area contributed by atoms with E-state index >= 15 is 0 Å². The second-order valence-corrected chi connectivity index (χ2v) is 9.71. The fourth-order valence-corrected chi connectivity index (χ4v) is 5.26. The standard InChI is InChI=1S/C27H34N2O6S/c1-3-14-35-20-9-8-19(18-21(20)34-4-2)24-23(25(30)22-7-5-17-36-22)26(31)27(32)29(24)11-6-10-28-12-15-33-16-13-28/h5,7-9,17-18,24,31H,3-4,6,10-16H2,1-2H3. The molecule has 3 heterocycles. The normalized spacial score (nSPS) is 18.7. The molecule has 8 nitrogen and oxygen atoms in total. The molecular formula is C27H34N2O6S. The summed E-state index contributed by atoms with van der Waals surface area (Å²) in [7, 11) is 0. The quantitative estimate of drug-likeness (QED) is 0.424. The van der Waals surface area contributed by atoms with Crippen LogP contribution in [0, 0.1) is 0 Å². The summed E-state index contributed by atoms with van der Waals surface area (Å²) in [5.41, 5.74) is 0.810. The van der Waals surface area contributed by atoms with Crippen LogP contribution in [0.25, 0.3) is 0 Å². The lowest BCUT2D eigenvalue weighted by molar-refractivity contribution is -0.129. The molecule has 0 radical (unpaired) electrons. The molecule has 2 aromatic rings. The number of carbonyl (C=O) groups is 2. The molecule has 1 N–H and O–H groups in total. The van der Waals surface area contributed by atoms with Gasteiger partial charge in [0.1, 0.15) is 0 Å². The first-order valence-corrected chi connectivity index (χ1v) is 13.4. The molecule has 4 rings (SSSR count). The Bertz CT molecular complexity index is 1080. The molecule has 1 aromatic heterocycles. The topological polar surface area (TPSA) is 88.5 Å². The molecule has 0 aliphatic carbocycles. The lowest BCUT2D eigenvalue weighted by Gasteiger charge is -2.30. The lowest BCUT2D eigenvalue weighted by Crippen LogP contribution is -2.39. The highest BCUT2D eigenvalue weighted by molar-refractivity contribution is 7.12. The summed E-state index contributed by atoms with van der Waals surface area (Å²) in [6.07, 6.45) is 1.57. The Hall–Kier alpha value is -2.88. The number of ether oxygens (including phenoxy) is 3. The van der Waals surface area contributed by atoms with Crippen molar-refractivity contribution in [2.24, 2.45) is 0 Å². The van der Waals surface area contributed by atoms with E-state index in [9.17, 15) is 14.7 Å². The van der Waals surface area contributed by atoms with Gasteiger partial charge in [-0.2, -0.15) is 0 Å². The van der Waals surface area contributed by atoms with Gasteiger partial charge in [0.2, 0.25) is 5.78 Å². The Morgan fingerprint density at radius 3 is 2.64 bits per heavy atom. The molecule has 0 bridgehead atoms. The summed E-state index contributed by atoms with van der Waals surface area (Å²) in [6, 6.07) is 8.27. The van der Waals surface area contributed by atoms with Crippen LogP contribution in [0.1, 0.15) is 48.0 Å². The zero-order chi connectivity index (χ0) is 25.5. The fraction of sp³-hybridized carbons (Fsp3) is 0.481. The minimum Gasteiger partial charge on any atom is -0.503 e. The summed E-state index contributed by atoms with van der Waals surface area (Å²) in [6.45, 7) is 9.28. The number of nitrogens with zero attached hydrogens (tertiary/aromatic N) is 2. The van der Waals surface area contributed by atoms with E-state index in [4.69, 9.17) is 14.2 Å². The van der Waals surface area contributed by atoms with Gasteiger partial charge in [-0.05, 0) is 48.9 Å². The monoisotopic (exact) mass is 514 g/mol. The number of aliphatic hydroxyl groups excluding tert-OH is 1. The minimum atomic E-state index is -0.712. The Kier molecular flexibility index (Phi) is 9.01. The summed E-state index contributed by atoms with van der Waals surface area (Å²) in [5.74, 6) is -0.163. The summed E-state index contributed by atoms with van der Waals surface area (Å²) < 4.78 is 17.1. The first-order chi connectivity index (χ1) is 17.5. The lowest BCUT2D eigenvalue weighted by atomic mass is 9.95. The average Bonchev–Trinajstić information content (AvgIpc) is 3.52. The molecule has 2 aliphatic heterocycles. The van der Waals surface area contributed by atoms with Crippen molar-refractivity contribution < 1.29 is 28.9 Å². The predicted molar refractivity (Wildman–Crippen MR) is 138 cm³/mol. The molecule has 9 heteroatoms. The maximum absolute atomic E-state index is 13.5. The van der Waals surface area contributed by atoms with Gasteiger partial charge in [-0.15, -0.1) is 11.3 Å². The largest absolute Gasteiger partial charge is 0.503 e. The SMILES string of the molecule is CCCOc1ccc(C2C(C(=O)c3cccs3)=C(O)C(=O)N2CCCN2CCOCC2)cc1OCC. The average molecular weight is 515 g/mol. The third kappa shape index (κ3) is 5.74. The van der Waals surface area contributed by atoms with Gasteiger partial charge in [-0.3, -0.25) is 14.5 Å². The van der Waals surface area contributed by atoms with Crippen molar-refractivity contribution in [2.45, 2.75) is 32.7 Å². The zero-order valence-electron chi connectivity index (χ0n) is 20.9. The van der Waals surface area contributed by atoms with E-state index in [-0.39, 0.29) is 11.4 Å². The maximum atomic E-state index is 13.5. The number of thiophene rings is 1. The van der Waals surface area contributed by atoms with Crippen LogP contribution in [0.15, 0.2) is 47.0 Å². The summed E-state index contributed by atoms with van der Waals surface area (Å²) in [5, 5.41) is 12.7. The van der Waals surface area contributed by atoms with E-state index < -0.39 is 17.7 Å². The number of hydrogen-bond donors (Lipinski definition) is 1. The first-order valence-electron chi connectivity index (χ1n) is 12.6. The third-order valence-corrected chi connectivity index (χ3v) is 7.18.